The van der Waals surface area contributed by atoms with Crippen LogP contribution in [-0.4, -0.2) is 32.6 Å². The molecule has 0 amide bonds. The van der Waals surface area contributed by atoms with Crippen molar-refractivity contribution in [1.29, 1.82) is 0 Å². The molecule has 2 aromatic carbocycles. The van der Waals surface area contributed by atoms with Crippen molar-refractivity contribution in [3.05, 3.63) is 59.4 Å². The summed E-state index contributed by atoms with van der Waals surface area (Å²) in [5.41, 5.74) is 1.52. The van der Waals surface area contributed by atoms with E-state index in [1.165, 1.54) is 14.2 Å². The van der Waals surface area contributed by atoms with Crippen molar-refractivity contribution < 1.29 is 28.2 Å². The smallest absolute Gasteiger partial charge is 0.342 e. The summed E-state index contributed by atoms with van der Waals surface area (Å²) >= 11 is 0. The van der Waals surface area contributed by atoms with Crippen molar-refractivity contribution in [1.82, 2.24) is 0 Å². The van der Waals surface area contributed by atoms with E-state index in [1.54, 1.807) is 31.2 Å². The molecule has 6 nitrogen and oxygen atoms in total. The molecular weight excluding hydrogens is 336 g/mol. The van der Waals surface area contributed by atoms with Crippen molar-refractivity contribution in [3.63, 3.8) is 0 Å². The Morgan fingerprint density at radius 1 is 1.00 bits per heavy atom. The molecule has 0 aliphatic rings. The Balaban J connectivity index is 1.77. The largest absolute Gasteiger partial charge is 0.493 e. The van der Waals surface area contributed by atoms with Crippen LogP contribution in [0.2, 0.25) is 0 Å². The summed E-state index contributed by atoms with van der Waals surface area (Å²) in [7, 11) is 2.90. The van der Waals surface area contributed by atoms with Crippen LogP contribution in [0.3, 0.4) is 0 Å². The second-order valence-electron chi connectivity index (χ2n) is 5.59. The fourth-order valence-electron chi connectivity index (χ4n) is 2.76. The molecule has 0 radical (unpaired) electrons. The molecule has 1 aromatic heterocycles. The molecule has 1 heterocycles. The first kappa shape index (κ1) is 17.5. The second-order valence-corrected chi connectivity index (χ2v) is 5.59. The summed E-state index contributed by atoms with van der Waals surface area (Å²) in [6.45, 7) is 1.37. The number of aryl methyl sites for hydroxylation is 1. The normalized spacial score (nSPS) is 10.6. The lowest BCUT2D eigenvalue weighted by molar-refractivity contribution is 0.0464. The topological polar surface area (TPSA) is 75.0 Å². The number of furan rings is 1. The van der Waals surface area contributed by atoms with Gasteiger partial charge in [0.25, 0.3) is 0 Å². The molecule has 3 rings (SSSR count). The maximum absolute atomic E-state index is 12.4. The molecule has 134 valence electrons. The number of hydrogen-bond donors (Lipinski definition) is 0. The monoisotopic (exact) mass is 354 g/mol. The lowest BCUT2D eigenvalue weighted by Crippen LogP contribution is -2.15. The number of fused-ring (bicyclic) bond motifs is 1. The first-order valence-electron chi connectivity index (χ1n) is 7.96. The quantitative estimate of drug-likeness (QED) is 0.495. The number of carbonyl (C=O) groups excluding carboxylic acids is 2. The van der Waals surface area contributed by atoms with Gasteiger partial charge in [0.1, 0.15) is 11.1 Å². The number of carbonyl (C=O) groups is 2. The summed E-state index contributed by atoms with van der Waals surface area (Å²) in [5, 5.41) is 0.858. The maximum atomic E-state index is 12.4. The molecule has 0 spiro atoms. The minimum atomic E-state index is -0.678. The van der Waals surface area contributed by atoms with E-state index in [4.69, 9.17) is 18.6 Å². The Morgan fingerprint density at radius 3 is 2.46 bits per heavy atom. The number of benzene rings is 2. The van der Waals surface area contributed by atoms with Crippen LogP contribution in [0.15, 0.2) is 46.9 Å². The van der Waals surface area contributed by atoms with Gasteiger partial charge in [0.05, 0.1) is 14.2 Å². The number of hydrogen-bond acceptors (Lipinski definition) is 6. The van der Waals surface area contributed by atoms with E-state index in [9.17, 15) is 9.59 Å². The lowest BCUT2D eigenvalue weighted by atomic mass is 10.1. The Kier molecular flexibility index (Phi) is 4.93. The maximum Gasteiger partial charge on any atom is 0.342 e. The average Bonchev–Trinajstić information content (AvgIpc) is 3.02. The summed E-state index contributed by atoms with van der Waals surface area (Å²) in [4.78, 5) is 24.8. The number of rotatable bonds is 6. The zero-order valence-electron chi connectivity index (χ0n) is 14.7. The molecule has 0 fully saturated rings. The summed E-state index contributed by atoms with van der Waals surface area (Å²) in [5.74, 6) is -0.234. The third kappa shape index (κ3) is 3.13. The highest BCUT2D eigenvalue weighted by Gasteiger charge is 2.22. The van der Waals surface area contributed by atoms with E-state index in [0.29, 0.717) is 11.3 Å². The Bertz CT molecular complexity index is 970. The van der Waals surface area contributed by atoms with Crippen molar-refractivity contribution in [2.75, 3.05) is 20.8 Å². The van der Waals surface area contributed by atoms with Crippen LogP contribution >= 0.6 is 0 Å². The number of ketones is 1. The number of methoxy groups -OCH3 is 2. The summed E-state index contributed by atoms with van der Waals surface area (Å²) < 4.78 is 21.1. The molecular formula is C20H18O6. The number of Topliss-reactive ketones (excluding diaryl/α,β-unsaturated/α-hetero) is 1. The van der Waals surface area contributed by atoms with Gasteiger partial charge >= 0.3 is 5.97 Å². The summed E-state index contributed by atoms with van der Waals surface area (Å²) in [6, 6.07) is 12.2. The molecule has 6 heteroatoms. The second kappa shape index (κ2) is 7.31. The van der Waals surface area contributed by atoms with Crippen LogP contribution < -0.4 is 9.47 Å². The van der Waals surface area contributed by atoms with Crippen LogP contribution in [0, 0.1) is 6.92 Å². The molecule has 0 saturated heterocycles. The zero-order chi connectivity index (χ0) is 18.7. The Hall–Kier alpha value is -3.28. The fourth-order valence-corrected chi connectivity index (χ4v) is 2.76. The van der Waals surface area contributed by atoms with E-state index in [1.807, 2.05) is 18.2 Å². The van der Waals surface area contributed by atoms with E-state index in [2.05, 4.69) is 0 Å². The van der Waals surface area contributed by atoms with Crippen LogP contribution in [0.1, 0.15) is 26.5 Å². The van der Waals surface area contributed by atoms with Crippen LogP contribution in [0.5, 0.6) is 11.5 Å². The van der Waals surface area contributed by atoms with Gasteiger partial charge in [0.15, 0.2) is 23.9 Å². The van der Waals surface area contributed by atoms with Gasteiger partial charge in [-0.05, 0) is 25.1 Å². The average molecular weight is 354 g/mol. The number of para-hydroxylation sites is 2. The first-order valence-corrected chi connectivity index (χ1v) is 7.96. The van der Waals surface area contributed by atoms with Gasteiger partial charge in [0.2, 0.25) is 5.78 Å². The fraction of sp³-hybridized carbons (Fsp3) is 0.200. The molecule has 0 N–H and O–H groups in total. The highest BCUT2D eigenvalue weighted by molar-refractivity contribution is 6.02. The first-order chi connectivity index (χ1) is 12.6. The van der Waals surface area contributed by atoms with E-state index >= 15 is 0 Å². The minimum absolute atomic E-state index is 0.181. The predicted octanol–water partition coefficient (Wildman–Crippen LogP) is 3.80. The zero-order valence-corrected chi connectivity index (χ0v) is 14.7. The van der Waals surface area contributed by atoms with Crippen molar-refractivity contribution in [2.24, 2.45) is 0 Å². The van der Waals surface area contributed by atoms with E-state index in [-0.39, 0.29) is 17.1 Å². The van der Waals surface area contributed by atoms with Crippen molar-refractivity contribution in [2.45, 2.75) is 6.92 Å². The van der Waals surface area contributed by atoms with Gasteiger partial charge in [-0.1, -0.05) is 24.3 Å². The van der Waals surface area contributed by atoms with Gasteiger partial charge < -0.3 is 18.6 Å². The minimum Gasteiger partial charge on any atom is -0.493 e. The Morgan fingerprint density at radius 2 is 1.77 bits per heavy atom. The Labute approximate surface area is 150 Å². The number of ether oxygens (including phenoxy) is 3. The SMILES string of the molecule is COc1cccc(C(=O)OCC(=O)c2oc3ccccc3c2C)c1OC. The van der Waals surface area contributed by atoms with Gasteiger partial charge in [-0.15, -0.1) is 0 Å². The lowest BCUT2D eigenvalue weighted by Gasteiger charge is -2.11. The summed E-state index contributed by atoms with van der Waals surface area (Å²) in [6.07, 6.45) is 0. The predicted molar refractivity (Wildman–Crippen MR) is 95.1 cm³/mol. The van der Waals surface area contributed by atoms with Crippen LogP contribution in [0.4, 0.5) is 0 Å². The number of esters is 1. The van der Waals surface area contributed by atoms with Gasteiger partial charge in [-0.2, -0.15) is 0 Å². The standard InChI is InChI=1S/C20H18O6/c1-12-13-7-4-5-9-16(13)26-18(12)15(21)11-25-20(22)14-8-6-10-17(23-2)19(14)24-3/h4-10H,11H2,1-3H3. The highest BCUT2D eigenvalue weighted by atomic mass is 16.5. The molecule has 3 aromatic rings. The van der Waals surface area contributed by atoms with Gasteiger partial charge in [0, 0.05) is 10.9 Å². The van der Waals surface area contributed by atoms with Crippen molar-refractivity contribution >= 4 is 22.7 Å². The van der Waals surface area contributed by atoms with Crippen LogP contribution in [0.25, 0.3) is 11.0 Å². The van der Waals surface area contributed by atoms with E-state index in [0.717, 1.165) is 10.9 Å². The molecule has 0 aliphatic carbocycles. The molecule has 0 aliphatic heterocycles. The van der Waals surface area contributed by atoms with Crippen molar-refractivity contribution in [3.8, 4) is 11.5 Å². The highest BCUT2D eigenvalue weighted by Crippen LogP contribution is 2.31. The molecule has 0 atom stereocenters. The third-order valence-electron chi connectivity index (χ3n) is 4.05. The molecule has 0 saturated carbocycles. The van der Waals surface area contributed by atoms with E-state index < -0.39 is 18.4 Å². The van der Waals surface area contributed by atoms with Gasteiger partial charge in [-0.3, -0.25) is 4.79 Å². The molecule has 0 unspecified atom stereocenters. The molecule has 0 bridgehead atoms. The molecule has 26 heavy (non-hydrogen) atoms. The van der Waals surface area contributed by atoms with Crippen LogP contribution in [-0.2, 0) is 4.74 Å². The third-order valence-corrected chi connectivity index (χ3v) is 4.05. The van der Waals surface area contributed by atoms with Gasteiger partial charge in [-0.25, -0.2) is 4.79 Å².